The van der Waals surface area contributed by atoms with E-state index in [1.807, 2.05) is 13.0 Å². The van der Waals surface area contributed by atoms with Crippen molar-refractivity contribution in [2.24, 2.45) is 10.7 Å². The molecular formula is C22H30FN5O3. The lowest BCUT2D eigenvalue weighted by Gasteiger charge is -2.33. The van der Waals surface area contributed by atoms with Crippen molar-refractivity contribution < 1.29 is 18.3 Å². The van der Waals surface area contributed by atoms with Crippen molar-refractivity contribution in [2.45, 2.75) is 38.9 Å². The number of ether oxygens (including phenoxy) is 1. The first-order chi connectivity index (χ1) is 15.0. The number of nitrogens with one attached hydrogen (secondary N) is 2. The van der Waals surface area contributed by atoms with Gasteiger partial charge in [-0.15, -0.1) is 0 Å². The topological polar surface area (TPSA) is 105 Å². The molecule has 1 aliphatic heterocycles. The maximum atomic E-state index is 13.9. The van der Waals surface area contributed by atoms with E-state index in [4.69, 9.17) is 14.9 Å². The number of guanidine groups is 1. The van der Waals surface area contributed by atoms with E-state index in [1.165, 1.54) is 13.2 Å². The van der Waals surface area contributed by atoms with Crippen LogP contribution in [0.15, 0.2) is 39.7 Å². The molecule has 3 rings (SSSR count). The normalized spacial score (nSPS) is 15.6. The number of halogens is 1. The van der Waals surface area contributed by atoms with E-state index < -0.39 is 5.91 Å². The summed E-state index contributed by atoms with van der Waals surface area (Å²) in [5.74, 6) is 0.754. The third-order valence-electron chi connectivity index (χ3n) is 5.19. The van der Waals surface area contributed by atoms with Crippen LogP contribution in [-0.2, 0) is 13.1 Å². The number of likely N-dealkylation sites (tertiary alicyclic amines) is 1. The van der Waals surface area contributed by atoms with E-state index >= 15 is 0 Å². The summed E-state index contributed by atoms with van der Waals surface area (Å²) < 4.78 is 24.3. The third kappa shape index (κ3) is 6.45. The van der Waals surface area contributed by atoms with Crippen LogP contribution in [0.4, 0.5) is 4.39 Å². The average molecular weight is 432 g/mol. The fourth-order valence-corrected chi connectivity index (χ4v) is 3.57. The molecule has 1 fully saturated rings. The van der Waals surface area contributed by atoms with Crippen LogP contribution in [0.5, 0.6) is 5.75 Å². The molecule has 31 heavy (non-hydrogen) atoms. The minimum absolute atomic E-state index is 0.132. The van der Waals surface area contributed by atoms with E-state index in [-0.39, 0.29) is 17.3 Å². The molecule has 8 nitrogen and oxygen atoms in total. The molecule has 1 amide bonds. The minimum atomic E-state index is -0.593. The number of hydrogen-bond acceptors (Lipinski definition) is 5. The van der Waals surface area contributed by atoms with Crippen molar-refractivity contribution in [1.29, 1.82) is 0 Å². The van der Waals surface area contributed by atoms with E-state index in [1.54, 1.807) is 18.2 Å². The molecule has 2 heterocycles. The maximum absolute atomic E-state index is 13.9. The summed E-state index contributed by atoms with van der Waals surface area (Å²) in [7, 11) is 1.47. The smallest absolute Gasteiger partial charge is 0.284 e. The van der Waals surface area contributed by atoms with Gasteiger partial charge in [-0.25, -0.2) is 9.38 Å². The van der Waals surface area contributed by atoms with Gasteiger partial charge < -0.3 is 25.5 Å². The van der Waals surface area contributed by atoms with Crippen molar-refractivity contribution >= 4 is 11.9 Å². The van der Waals surface area contributed by atoms with Crippen LogP contribution in [0.2, 0.25) is 0 Å². The average Bonchev–Trinajstić information content (AvgIpc) is 3.23. The van der Waals surface area contributed by atoms with Crippen molar-refractivity contribution in [3.05, 3.63) is 53.2 Å². The standard InChI is InChI=1S/C22H30FN5O3/c1-3-25-22(26-13-17-5-7-20(31-17)21(24)29)27-16-8-10-28(11-9-16)14-15-4-6-19(30-2)18(23)12-15/h4-7,12,16H,3,8-11,13-14H2,1-2H3,(H2,24,29)(H2,25,26,27). The highest BCUT2D eigenvalue weighted by molar-refractivity contribution is 5.89. The van der Waals surface area contributed by atoms with Crippen molar-refractivity contribution in [2.75, 3.05) is 26.7 Å². The summed E-state index contributed by atoms with van der Waals surface area (Å²) in [6.07, 6.45) is 1.91. The Morgan fingerprint density at radius 2 is 2.10 bits per heavy atom. The Labute approximate surface area is 181 Å². The van der Waals surface area contributed by atoms with Crippen molar-refractivity contribution in [1.82, 2.24) is 15.5 Å². The number of nitrogens with two attached hydrogens (primary N) is 1. The molecule has 0 atom stereocenters. The van der Waals surface area contributed by atoms with Gasteiger partial charge in [0.25, 0.3) is 5.91 Å². The number of piperidine rings is 1. The molecule has 4 N–H and O–H groups in total. The van der Waals surface area contributed by atoms with Gasteiger partial charge in [-0.05, 0) is 49.6 Å². The lowest BCUT2D eigenvalue weighted by atomic mass is 10.0. The number of amides is 1. The number of carbonyl (C=O) groups excluding carboxylic acids is 1. The van der Waals surface area contributed by atoms with Crippen molar-refractivity contribution in [3.8, 4) is 5.75 Å². The van der Waals surface area contributed by atoms with E-state index in [0.29, 0.717) is 30.9 Å². The first-order valence-corrected chi connectivity index (χ1v) is 10.5. The first-order valence-electron chi connectivity index (χ1n) is 10.5. The molecule has 2 aromatic rings. The van der Waals surface area contributed by atoms with Crippen LogP contribution in [0.1, 0.15) is 41.6 Å². The predicted octanol–water partition coefficient (Wildman–Crippen LogP) is 2.25. The Bertz CT molecular complexity index is 906. The summed E-state index contributed by atoms with van der Waals surface area (Å²) >= 11 is 0. The lowest BCUT2D eigenvalue weighted by Crippen LogP contribution is -2.48. The number of aliphatic imine (C=N–C) groups is 1. The Morgan fingerprint density at radius 1 is 1.32 bits per heavy atom. The summed E-state index contributed by atoms with van der Waals surface area (Å²) in [4.78, 5) is 18.0. The van der Waals surface area contributed by atoms with E-state index in [0.717, 1.165) is 38.0 Å². The highest BCUT2D eigenvalue weighted by Crippen LogP contribution is 2.20. The SMILES string of the molecule is CCNC(=NCc1ccc(C(N)=O)o1)NC1CCN(Cc2ccc(OC)c(F)c2)CC1. The molecule has 1 aliphatic rings. The van der Waals surface area contributed by atoms with Gasteiger partial charge in [0, 0.05) is 32.2 Å². The molecule has 0 bridgehead atoms. The fraction of sp³-hybridized carbons (Fsp3) is 0.455. The Morgan fingerprint density at radius 3 is 2.71 bits per heavy atom. The van der Waals surface area contributed by atoms with Crippen LogP contribution in [-0.4, -0.2) is 49.6 Å². The summed E-state index contributed by atoms with van der Waals surface area (Å²) in [5.41, 5.74) is 6.15. The largest absolute Gasteiger partial charge is 0.494 e. The van der Waals surface area contributed by atoms with Crippen LogP contribution >= 0.6 is 0 Å². The molecule has 168 valence electrons. The first kappa shape index (κ1) is 22.6. The molecule has 0 radical (unpaired) electrons. The Hall–Kier alpha value is -3.07. The second-order valence-electron chi connectivity index (χ2n) is 7.49. The number of furan rings is 1. The zero-order chi connectivity index (χ0) is 22.2. The number of rotatable bonds is 8. The van der Waals surface area contributed by atoms with Crippen molar-refractivity contribution in [3.63, 3.8) is 0 Å². The fourth-order valence-electron chi connectivity index (χ4n) is 3.57. The number of carbonyl (C=O) groups is 1. The number of nitrogens with zero attached hydrogens (tertiary/aromatic N) is 2. The van der Waals surface area contributed by atoms with Crippen LogP contribution < -0.4 is 21.1 Å². The number of hydrogen-bond donors (Lipinski definition) is 3. The predicted molar refractivity (Wildman–Crippen MR) is 116 cm³/mol. The molecule has 1 aromatic carbocycles. The minimum Gasteiger partial charge on any atom is -0.494 e. The van der Waals surface area contributed by atoms with Gasteiger partial charge in [-0.3, -0.25) is 9.69 Å². The summed E-state index contributed by atoms with van der Waals surface area (Å²) in [6, 6.07) is 8.66. The summed E-state index contributed by atoms with van der Waals surface area (Å²) in [6.45, 7) is 5.58. The quantitative estimate of drug-likeness (QED) is 0.437. The molecule has 1 saturated heterocycles. The van der Waals surface area contributed by atoms with E-state index in [2.05, 4.69) is 20.5 Å². The third-order valence-corrected chi connectivity index (χ3v) is 5.19. The van der Waals surface area contributed by atoms with Gasteiger partial charge in [0.15, 0.2) is 23.3 Å². The van der Waals surface area contributed by atoms with E-state index in [9.17, 15) is 9.18 Å². The van der Waals surface area contributed by atoms with Crippen LogP contribution in [0, 0.1) is 5.82 Å². The maximum Gasteiger partial charge on any atom is 0.284 e. The molecule has 0 aliphatic carbocycles. The monoisotopic (exact) mass is 431 g/mol. The van der Waals surface area contributed by atoms with Gasteiger partial charge in [-0.1, -0.05) is 6.07 Å². The number of primary amides is 1. The van der Waals surface area contributed by atoms with Gasteiger partial charge in [0.05, 0.1) is 7.11 Å². The second-order valence-corrected chi connectivity index (χ2v) is 7.49. The van der Waals surface area contributed by atoms with Crippen LogP contribution in [0.25, 0.3) is 0 Å². The highest BCUT2D eigenvalue weighted by Gasteiger charge is 2.20. The molecule has 9 heteroatoms. The van der Waals surface area contributed by atoms with Gasteiger partial charge >= 0.3 is 0 Å². The molecule has 1 aromatic heterocycles. The second kappa shape index (κ2) is 10.8. The number of methoxy groups -OCH3 is 1. The molecule has 0 unspecified atom stereocenters. The Kier molecular flexibility index (Phi) is 7.88. The molecular weight excluding hydrogens is 401 g/mol. The van der Waals surface area contributed by atoms with Gasteiger partial charge in [0.1, 0.15) is 12.3 Å². The summed E-state index contributed by atoms with van der Waals surface area (Å²) in [5, 5.41) is 6.70. The molecule has 0 spiro atoms. The Balaban J connectivity index is 1.50. The highest BCUT2D eigenvalue weighted by atomic mass is 19.1. The van der Waals surface area contributed by atoms with Gasteiger partial charge in [0.2, 0.25) is 0 Å². The zero-order valence-electron chi connectivity index (χ0n) is 18.0. The van der Waals surface area contributed by atoms with Crippen LogP contribution in [0.3, 0.4) is 0 Å². The van der Waals surface area contributed by atoms with Gasteiger partial charge in [-0.2, -0.15) is 0 Å². The lowest BCUT2D eigenvalue weighted by molar-refractivity contribution is 0.0972. The number of benzene rings is 1. The molecule has 0 saturated carbocycles. The zero-order valence-corrected chi connectivity index (χ0v) is 18.0.